The summed E-state index contributed by atoms with van der Waals surface area (Å²) >= 11 is 0. The van der Waals surface area contributed by atoms with Crippen LogP contribution in [0.1, 0.15) is 17.4 Å². The lowest BCUT2D eigenvalue weighted by atomic mass is 10.2. The van der Waals surface area contributed by atoms with Gasteiger partial charge in [0, 0.05) is 32.4 Å². The first-order chi connectivity index (χ1) is 12.5. The molecular formula is C17H18F3N5O. The number of carbonyl (C=O) groups is 1. The van der Waals surface area contributed by atoms with E-state index in [1.807, 2.05) is 4.90 Å². The number of piperazine rings is 1. The molecule has 1 fully saturated rings. The number of hydrogen-bond donors (Lipinski definition) is 1. The number of benzene rings is 1. The van der Waals surface area contributed by atoms with Gasteiger partial charge in [0.25, 0.3) is 5.91 Å². The Morgan fingerprint density at radius 1 is 1.12 bits per heavy atom. The molecule has 1 amide bonds. The zero-order valence-corrected chi connectivity index (χ0v) is 14.2. The highest BCUT2D eigenvalue weighted by Gasteiger charge is 2.20. The van der Waals surface area contributed by atoms with Crippen molar-refractivity contribution in [3.05, 3.63) is 47.5 Å². The fraction of sp³-hybridized carbons (Fsp3) is 0.353. The standard InChI is InChI=1S/C17H18F3N5O/c1-2-24-7-9-25(10-8-24)17-21-6-5-13(23-17)16(26)22-12-4-3-11(18)14(19)15(12)20/h3-6H,2,7-10H2,1H3,(H,22,26). The van der Waals surface area contributed by atoms with E-state index in [0.29, 0.717) is 5.95 Å². The number of amides is 1. The lowest BCUT2D eigenvalue weighted by Gasteiger charge is -2.34. The van der Waals surface area contributed by atoms with E-state index < -0.39 is 29.0 Å². The van der Waals surface area contributed by atoms with Crippen molar-refractivity contribution < 1.29 is 18.0 Å². The zero-order valence-electron chi connectivity index (χ0n) is 14.2. The second-order valence-electron chi connectivity index (χ2n) is 5.84. The Labute approximate surface area is 148 Å². The van der Waals surface area contributed by atoms with E-state index >= 15 is 0 Å². The number of anilines is 2. The van der Waals surface area contributed by atoms with Gasteiger partial charge in [-0.2, -0.15) is 0 Å². The summed E-state index contributed by atoms with van der Waals surface area (Å²) in [4.78, 5) is 24.9. The highest BCUT2D eigenvalue weighted by Crippen LogP contribution is 2.20. The van der Waals surface area contributed by atoms with E-state index in [4.69, 9.17) is 0 Å². The molecule has 9 heteroatoms. The number of carbonyl (C=O) groups excluding carboxylic acids is 1. The minimum Gasteiger partial charge on any atom is -0.338 e. The molecule has 0 radical (unpaired) electrons. The smallest absolute Gasteiger partial charge is 0.274 e. The van der Waals surface area contributed by atoms with Crippen LogP contribution in [0.15, 0.2) is 24.4 Å². The molecule has 0 unspecified atom stereocenters. The van der Waals surface area contributed by atoms with Crippen molar-refractivity contribution in [3.8, 4) is 0 Å². The number of hydrogen-bond acceptors (Lipinski definition) is 5. The molecule has 1 saturated heterocycles. The van der Waals surface area contributed by atoms with Gasteiger partial charge in [-0.15, -0.1) is 0 Å². The third-order valence-corrected chi connectivity index (χ3v) is 4.26. The lowest BCUT2D eigenvalue weighted by Crippen LogP contribution is -2.46. The van der Waals surface area contributed by atoms with Gasteiger partial charge in [-0.05, 0) is 24.7 Å². The Kier molecular flexibility index (Phi) is 5.36. The average molecular weight is 365 g/mol. The van der Waals surface area contributed by atoms with Gasteiger partial charge in [0.05, 0.1) is 5.69 Å². The molecular weight excluding hydrogens is 347 g/mol. The number of rotatable bonds is 4. The van der Waals surface area contributed by atoms with Crippen molar-refractivity contribution in [2.24, 2.45) is 0 Å². The SMILES string of the molecule is CCN1CCN(c2nccc(C(=O)Nc3ccc(F)c(F)c3F)n2)CC1. The van der Waals surface area contributed by atoms with Gasteiger partial charge in [0.1, 0.15) is 5.69 Å². The van der Waals surface area contributed by atoms with Gasteiger partial charge >= 0.3 is 0 Å². The van der Waals surface area contributed by atoms with Gasteiger partial charge in [0.15, 0.2) is 17.5 Å². The van der Waals surface area contributed by atoms with E-state index in [9.17, 15) is 18.0 Å². The van der Waals surface area contributed by atoms with Crippen molar-refractivity contribution in [1.82, 2.24) is 14.9 Å². The van der Waals surface area contributed by atoms with Crippen LogP contribution in [0.4, 0.5) is 24.8 Å². The Bertz CT molecular complexity index is 809. The molecule has 1 aromatic heterocycles. The van der Waals surface area contributed by atoms with Gasteiger partial charge in [-0.25, -0.2) is 23.1 Å². The van der Waals surface area contributed by atoms with Crippen LogP contribution in [-0.4, -0.2) is 53.5 Å². The highest BCUT2D eigenvalue weighted by atomic mass is 19.2. The van der Waals surface area contributed by atoms with E-state index in [1.54, 1.807) is 0 Å². The minimum absolute atomic E-state index is 0.0112. The number of nitrogens with one attached hydrogen (secondary N) is 1. The van der Waals surface area contributed by atoms with Crippen LogP contribution in [0.25, 0.3) is 0 Å². The fourth-order valence-electron chi connectivity index (χ4n) is 2.70. The van der Waals surface area contributed by atoms with Gasteiger partial charge < -0.3 is 15.1 Å². The fourth-order valence-corrected chi connectivity index (χ4v) is 2.70. The molecule has 0 bridgehead atoms. The summed E-state index contributed by atoms with van der Waals surface area (Å²) < 4.78 is 40.0. The Morgan fingerprint density at radius 3 is 2.54 bits per heavy atom. The Hall–Kier alpha value is -2.68. The third kappa shape index (κ3) is 3.77. The van der Waals surface area contributed by atoms with Crippen LogP contribution in [0, 0.1) is 17.5 Å². The third-order valence-electron chi connectivity index (χ3n) is 4.26. The maximum atomic E-state index is 13.7. The van der Waals surface area contributed by atoms with Gasteiger partial charge in [-0.1, -0.05) is 6.92 Å². The summed E-state index contributed by atoms with van der Waals surface area (Å²) in [5.74, 6) is -4.75. The Morgan fingerprint density at radius 2 is 1.85 bits per heavy atom. The van der Waals surface area contributed by atoms with Crippen molar-refractivity contribution in [2.75, 3.05) is 42.9 Å². The second-order valence-corrected chi connectivity index (χ2v) is 5.84. The van der Waals surface area contributed by atoms with E-state index in [2.05, 4.69) is 27.1 Å². The molecule has 1 aromatic carbocycles. The molecule has 138 valence electrons. The maximum Gasteiger partial charge on any atom is 0.274 e. The largest absolute Gasteiger partial charge is 0.338 e. The van der Waals surface area contributed by atoms with Crippen LogP contribution in [-0.2, 0) is 0 Å². The highest BCUT2D eigenvalue weighted by molar-refractivity contribution is 6.03. The number of nitrogens with zero attached hydrogens (tertiary/aromatic N) is 4. The Balaban J connectivity index is 1.74. The van der Waals surface area contributed by atoms with Crippen LogP contribution >= 0.6 is 0 Å². The van der Waals surface area contributed by atoms with Gasteiger partial charge in [0.2, 0.25) is 5.95 Å². The first-order valence-corrected chi connectivity index (χ1v) is 8.24. The zero-order chi connectivity index (χ0) is 18.7. The molecule has 26 heavy (non-hydrogen) atoms. The molecule has 0 aliphatic carbocycles. The second kappa shape index (κ2) is 7.69. The maximum absolute atomic E-state index is 13.7. The normalized spacial score (nSPS) is 15.2. The molecule has 0 saturated carbocycles. The van der Waals surface area contributed by atoms with Crippen LogP contribution in [0.5, 0.6) is 0 Å². The molecule has 2 heterocycles. The van der Waals surface area contributed by atoms with E-state index in [-0.39, 0.29) is 5.69 Å². The van der Waals surface area contributed by atoms with Gasteiger partial charge in [-0.3, -0.25) is 4.79 Å². The average Bonchev–Trinajstić information content (AvgIpc) is 2.68. The van der Waals surface area contributed by atoms with E-state index in [1.165, 1.54) is 12.3 Å². The quantitative estimate of drug-likeness (QED) is 0.843. The summed E-state index contributed by atoms with van der Waals surface area (Å²) in [7, 11) is 0. The van der Waals surface area contributed by atoms with Crippen molar-refractivity contribution >= 4 is 17.5 Å². The van der Waals surface area contributed by atoms with Crippen LogP contribution in [0.2, 0.25) is 0 Å². The first kappa shape index (κ1) is 18.1. The topological polar surface area (TPSA) is 61.4 Å². The molecule has 2 aromatic rings. The van der Waals surface area contributed by atoms with Crippen LogP contribution in [0.3, 0.4) is 0 Å². The number of likely N-dealkylation sites (N-methyl/N-ethyl adjacent to an activating group) is 1. The molecule has 0 spiro atoms. The molecule has 6 nitrogen and oxygen atoms in total. The summed E-state index contributed by atoms with van der Waals surface area (Å²) in [6, 6.07) is 3.07. The summed E-state index contributed by atoms with van der Waals surface area (Å²) in [5, 5.41) is 2.20. The van der Waals surface area contributed by atoms with Crippen molar-refractivity contribution in [3.63, 3.8) is 0 Å². The minimum atomic E-state index is -1.64. The first-order valence-electron chi connectivity index (χ1n) is 8.24. The molecule has 1 N–H and O–H groups in total. The predicted molar refractivity (Wildman–Crippen MR) is 90.6 cm³/mol. The number of aromatic nitrogens is 2. The molecule has 1 aliphatic rings. The lowest BCUT2D eigenvalue weighted by molar-refractivity contribution is 0.102. The predicted octanol–water partition coefficient (Wildman–Crippen LogP) is 2.29. The monoisotopic (exact) mass is 365 g/mol. The molecule has 1 aliphatic heterocycles. The summed E-state index contributed by atoms with van der Waals surface area (Å²) in [5.41, 5.74) is -0.442. The summed E-state index contributed by atoms with van der Waals surface area (Å²) in [6.07, 6.45) is 1.44. The summed E-state index contributed by atoms with van der Waals surface area (Å²) in [6.45, 7) is 6.27. The van der Waals surface area contributed by atoms with Crippen molar-refractivity contribution in [2.45, 2.75) is 6.92 Å². The number of halogens is 3. The van der Waals surface area contributed by atoms with E-state index in [0.717, 1.165) is 44.9 Å². The molecule has 3 rings (SSSR count). The van der Waals surface area contributed by atoms with Crippen molar-refractivity contribution in [1.29, 1.82) is 0 Å². The van der Waals surface area contributed by atoms with Crippen LogP contribution < -0.4 is 10.2 Å². The molecule has 0 atom stereocenters.